The topological polar surface area (TPSA) is 211 Å². The second kappa shape index (κ2) is 18.3. The lowest BCUT2D eigenvalue weighted by molar-refractivity contribution is -0.160. The number of aliphatic hydroxyl groups excluding tert-OH is 1. The molecule has 13 nitrogen and oxygen atoms in total. The molecule has 218 valence electrons. The molecule has 0 aromatic carbocycles. The summed E-state index contributed by atoms with van der Waals surface area (Å²) >= 11 is 0. The fourth-order valence-electron chi connectivity index (χ4n) is 2.75. The first-order chi connectivity index (χ1) is 18.2. The SMILES string of the molecule is CC(=CCCC(=O)O)C(=O)OCC(CO)(COC(=O)C(C)=CCCC(=O)O)COC(=O)C(C)=CCCC(=O)O. The molecular weight excluding hydrogens is 520 g/mol. The number of esters is 3. The lowest BCUT2D eigenvalue weighted by Crippen LogP contribution is -2.42. The predicted octanol–water partition coefficient (Wildman–Crippen LogP) is 2.03. The standard InChI is InChI=1S/C26H36O13/c1-17(7-4-10-20(28)29)23(34)37-14-26(13-27,15-38-24(35)18(2)8-5-11-21(30)31)16-39-25(36)19(3)9-6-12-22(32)33/h7-9,27H,4-6,10-16H2,1-3H3,(H,28,29)(H,30,31)(H,32,33). The van der Waals surface area contributed by atoms with Gasteiger partial charge in [0.2, 0.25) is 0 Å². The van der Waals surface area contributed by atoms with E-state index in [0.717, 1.165) is 0 Å². The maximum atomic E-state index is 12.4. The third-order valence-corrected chi connectivity index (χ3v) is 5.26. The highest BCUT2D eigenvalue weighted by molar-refractivity contribution is 5.89. The molecule has 0 spiro atoms. The first-order valence-electron chi connectivity index (χ1n) is 12.0. The van der Waals surface area contributed by atoms with Gasteiger partial charge in [-0.1, -0.05) is 18.2 Å². The van der Waals surface area contributed by atoms with Crippen molar-refractivity contribution in [2.24, 2.45) is 5.41 Å². The highest BCUT2D eigenvalue weighted by atomic mass is 16.6. The summed E-state index contributed by atoms with van der Waals surface area (Å²) in [6, 6.07) is 0. The maximum absolute atomic E-state index is 12.4. The molecule has 0 radical (unpaired) electrons. The largest absolute Gasteiger partial charge is 0.481 e. The van der Waals surface area contributed by atoms with Gasteiger partial charge in [-0.15, -0.1) is 0 Å². The minimum absolute atomic E-state index is 0.0810. The van der Waals surface area contributed by atoms with E-state index >= 15 is 0 Å². The van der Waals surface area contributed by atoms with Crippen LogP contribution >= 0.6 is 0 Å². The van der Waals surface area contributed by atoms with Crippen molar-refractivity contribution >= 4 is 35.8 Å². The van der Waals surface area contributed by atoms with Crippen molar-refractivity contribution < 1.29 is 63.4 Å². The summed E-state index contributed by atoms with van der Waals surface area (Å²) in [5.41, 5.74) is -1.27. The van der Waals surface area contributed by atoms with Gasteiger partial charge >= 0.3 is 35.8 Å². The average molecular weight is 557 g/mol. The highest BCUT2D eigenvalue weighted by Crippen LogP contribution is 2.22. The highest BCUT2D eigenvalue weighted by Gasteiger charge is 2.36. The van der Waals surface area contributed by atoms with Gasteiger partial charge in [-0.05, 0) is 40.0 Å². The monoisotopic (exact) mass is 556 g/mol. The van der Waals surface area contributed by atoms with Gasteiger partial charge in [-0.3, -0.25) is 14.4 Å². The molecule has 0 aromatic heterocycles. The smallest absolute Gasteiger partial charge is 0.333 e. The van der Waals surface area contributed by atoms with E-state index in [1.54, 1.807) is 0 Å². The van der Waals surface area contributed by atoms with E-state index in [0.29, 0.717) is 0 Å². The van der Waals surface area contributed by atoms with Gasteiger partial charge in [-0.2, -0.15) is 0 Å². The van der Waals surface area contributed by atoms with Crippen molar-refractivity contribution in [3.05, 3.63) is 34.9 Å². The van der Waals surface area contributed by atoms with E-state index in [-0.39, 0.29) is 55.2 Å². The van der Waals surface area contributed by atoms with Crippen molar-refractivity contribution in [3.63, 3.8) is 0 Å². The molecule has 0 bridgehead atoms. The Morgan fingerprint density at radius 3 is 1.03 bits per heavy atom. The van der Waals surface area contributed by atoms with E-state index < -0.39 is 67.7 Å². The quantitative estimate of drug-likeness (QED) is 0.102. The van der Waals surface area contributed by atoms with Crippen molar-refractivity contribution in [2.45, 2.75) is 59.3 Å². The Labute approximate surface area is 225 Å². The number of hydrogen-bond donors (Lipinski definition) is 4. The zero-order chi connectivity index (χ0) is 30.0. The molecular formula is C26H36O13. The molecule has 13 heteroatoms. The van der Waals surface area contributed by atoms with Gasteiger partial charge in [0, 0.05) is 36.0 Å². The van der Waals surface area contributed by atoms with E-state index in [2.05, 4.69) is 0 Å². The Hall–Kier alpha value is -4.00. The molecule has 39 heavy (non-hydrogen) atoms. The molecule has 0 aliphatic rings. The molecule has 0 aliphatic heterocycles. The van der Waals surface area contributed by atoms with Crippen LogP contribution in [0.5, 0.6) is 0 Å². The number of carbonyl (C=O) groups excluding carboxylic acids is 3. The average Bonchev–Trinajstić information content (AvgIpc) is 2.86. The van der Waals surface area contributed by atoms with Crippen LogP contribution in [0.25, 0.3) is 0 Å². The van der Waals surface area contributed by atoms with E-state index in [1.165, 1.54) is 39.0 Å². The molecule has 0 heterocycles. The van der Waals surface area contributed by atoms with Crippen LogP contribution in [0.1, 0.15) is 59.3 Å². The number of aliphatic carboxylic acids is 3. The molecule has 0 unspecified atom stereocenters. The summed E-state index contributed by atoms with van der Waals surface area (Å²) in [4.78, 5) is 69.1. The number of aliphatic hydroxyl groups is 1. The van der Waals surface area contributed by atoms with Crippen LogP contribution in [0.3, 0.4) is 0 Å². The zero-order valence-electron chi connectivity index (χ0n) is 22.3. The summed E-state index contributed by atoms with van der Waals surface area (Å²) in [6.45, 7) is 1.83. The van der Waals surface area contributed by atoms with E-state index in [4.69, 9.17) is 29.5 Å². The molecule has 0 amide bonds. The molecule has 0 atom stereocenters. The summed E-state index contributed by atoms with van der Waals surface area (Å²) in [5, 5.41) is 36.3. The summed E-state index contributed by atoms with van der Waals surface area (Å²) in [6.07, 6.45) is 3.75. The number of rotatable bonds is 19. The fourth-order valence-corrected chi connectivity index (χ4v) is 2.75. The van der Waals surface area contributed by atoms with Crippen LogP contribution in [0.15, 0.2) is 34.9 Å². The van der Waals surface area contributed by atoms with Gasteiger partial charge in [0.15, 0.2) is 0 Å². The summed E-state index contributed by atoms with van der Waals surface area (Å²) < 4.78 is 15.7. The van der Waals surface area contributed by atoms with Gasteiger partial charge in [0.1, 0.15) is 19.8 Å². The Morgan fingerprint density at radius 2 is 0.821 bits per heavy atom. The van der Waals surface area contributed by atoms with E-state index in [1.807, 2.05) is 0 Å². The fraction of sp³-hybridized carbons (Fsp3) is 0.538. The molecule has 0 aliphatic carbocycles. The van der Waals surface area contributed by atoms with Gasteiger partial charge in [0.25, 0.3) is 0 Å². The van der Waals surface area contributed by atoms with Crippen molar-refractivity contribution in [1.82, 2.24) is 0 Å². The molecule has 0 fully saturated rings. The lowest BCUT2D eigenvalue weighted by atomic mass is 9.92. The van der Waals surface area contributed by atoms with Crippen molar-refractivity contribution in [3.8, 4) is 0 Å². The molecule has 0 saturated heterocycles. The Morgan fingerprint density at radius 1 is 0.564 bits per heavy atom. The third-order valence-electron chi connectivity index (χ3n) is 5.26. The van der Waals surface area contributed by atoms with Crippen LogP contribution in [-0.4, -0.2) is 82.7 Å². The summed E-state index contributed by atoms with van der Waals surface area (Å²) in [5.74, 6) is -5.62. The predicted molar refractivity (Wildman–Crippen MR) is 134 cm³/mol. The molecule has 0 aromatic rings. The number of ether oxygens (including phenoxy) is 3. The van der Waals surface area contributed by atoms with Crippen LogP contribution in [0.4, 0.5) is 0 Å². The minimum atomic E-state index is -1.58. The summed E-state index contributed by atoms with van der Waals surface area (Å²) in [7, 11) is 0. The second-order valence-electron chi connectivity index (χ2n) is 8.85. The second-order valence-corrected chi connectivity index (χ2v) is 8.85. The molecule has 4 N–H and O–H groups in total. The van der Waals surface area contributed by atoms with Crippen LogP contribution in [-0.2, 0) is 43.0 Å². The van der Waals surface area contributed by atoms with Crippen LogP contribution in [0, 0.1) is 5.41 Å². The first-order valence-corrected chi connectivity index (χ1v) is 12.0. The number of carboxylic acids is 3. The Balaban J connectivity index is 5.55. The van der Waals surface area contributed by atoms with Crippen molar-refractivity contribution in [1.29, 1.82) is 0 Å². The van der Waals surface area contributed by atoms with Gasteiger partial charge < -0.3 is 34.6 Å². The number of carboxylic acid groups (broad SMARTS) is 3. The number of hydrogen-bond acceptors (Lipinski definition) is 10. The Bertz CT molecular complexity index is 866. The lowest BCUT2D eigenvalue weighted by Gasteiger charge is -2.30. The van der Waals surface area contributed by atoms with Crippen LogP contribution < -0.4 is 0 Å². The third kappa shape index (κ3) is 15.8. The normalized spacial score (nSPS) is 13.7. The van der Waals surface area contributed by atoms with E-state index in [9.17, 15) is 33.9 Å². The van der Waals surface area contributed by atoms with Gasteiger partial charge in [0.05, 0.1) is 12.0 Å². The minimum Gasteiger partial charge on any atom is -0.481 e. The molecule has 0 rings (SSSR count). The van der Waals surface area contributed by atoms with Crippen molar-refractivity contribution in [2.75, 3.05) is 26.4 Å². The Kier molecular flexibility index (Phi) is 16.4. The molecule has 0 saturated carbocycles. The number of carbonyl (C=O) groups is 6. The zero-order valence-corrected chi connectivity index (χ0v) is 22.3. The van der Waals surface area contributed by atoms with Crippen LogP contribution in [0.2, 0.25) is 0 Å². The first kappa shape index (κ1) is 35.0. The number of allylic oxidation sites excluding steroid dienone is 3. The van der Waals surface area contributed by atoms with Gasteiger partial charge in [-0.25, -0.2) is 14.4 Å². The maximum Gasteiger partial charge on any atom is 0.333 e.